The number of carbonyl (C=O) groups is 3. The van der Waals surface area contributed by atoms with E-state index in [9.17, 15) is 14.4 Å². The number of fused-ring (bicyclic) bond motifs is 1. The second-order valence-electron chi connectivity index (χ2n) is 7.86. The van der Waals surface area contributed by atoms with E-state index in [0.717, 1.165) is 25.9 Å². The van der Waals surface area contributed by atoms with Crippen LogP contribution in [-0.4, -0.2) is 53.7 Å². The molecular weight excluding hydrogens is 398 g/mol. The quantitative estimate of drug-likeness (QED) is 0.655. The number of hydrogen-bond acceptors (Lipinski definition) is 5. The fourth-order valence-corrected chi connectivity index (χ4v) is 5.05. The van der Waals surface area contributed by atoms with E-state index in [1.807, 2.05) is 13.0 Å². The minimum absolute atomic E-state index is 0.165. The molecule has 3 amide bonds. The van der Waals surface area contributed by atoms with Gasteiger partial charge in [-0.05, 0) is 62.0 Å². The highest BCUT2D eigenvalue weighted by molar-refractivity contribution is 7.10. The maximum atomic E-state index is 12.8. The largest absolute Gasteiger partial charge is 0.350 e. The number of amides is 3. The summed E-state index contributed by atoms with van der Waals surface area (Å²) in [6, 6.07) is 9.13. The number of imide groups is 1. The van der Waals surface area contributed by atoms with Gasteiger partial charge in [-0.15, -0.1) is 11.3 Å². The predicted octanol–water partition coefficient (Wildman–Crippen LogP) is 3.71. The van der Waals surface area contributed by atoms with E-state index in [1.54, 1.807) is 29.5 Å². The van der Waals surface area contributed by atoms with Crippen molar-refractivity contribution in [1.82, 2.24) is 15.1 Å². The van der Waals surface area contributed by atoms with Gasteiger partial charge >= 0.3 is 0 Å². The van der Waals surface area contributed by atoms with Gasteiger partial charge < -0.3 is 5.32 Å². The fraction of sp³-hybridized carbons (Fsp3) is 0.435. The lowest BCUT2D eigenvalue weighted by Gasteiger charge is -2.27. The van der Waals surface area contributed by atoms with Crippen LogP contribution >= 0.6 is 11.3 Å². The van der Waals surface area contributed by atoms with Gasteiger partial charge in [-0.3, -0.25) is 24.2 Å². The molecule has 2 aliphatic heterocycles. The van der Waals surface area contributed by atoms with Crippen molar-refractivity contribution >= 4 is 29.1 Å². The first kappa shape index (κ1) is 20.8. The second kappa shape index (κ2) is 9.10. The summed E-state index contributed by atoms with van der Waals surface area (Å²) in [6.45, 7) is 5.05. The Morgan fingerprint density at radius 3 is 2.60 bits per heavy atom. The van der Waals surface area contributed by atoms with Crippen LogP contribution in [0.15, 0.2) is 35.7 Å². The molecule has 30 heavy (non-hydrogen) atoms. The summed E-state index contributed by atoms with van der Waals surface area (Å²) in [4.78, 5) is 42.9. The van der Waals surface area contributed by atoms with Crippen LogP contribution in [0.4, 0.5) is 0 Å². The number of likely N-dealkylation sites (tertiary alicyclic amines) is 1. The van der Waals surface area contributed by atoms with Crippen molar-refractivity contribution in [3.63, 3.8) is 0 Å². The first-order chi connectivity index (χ1) is 14.6. The molecule has 158 valence electrons. The van der Waals surface area contributed by atoms with E-state index in [4.69, 9.17) is 0 Å². The third-order valence-electron chi connectivity index (χ3n) is 5.88. The van der Waals surface area contributed by atoms with Gasteiger partial charge in [-0.1, -0.05) is 19.4 Å². The highest BCUT2D eigenvalue weighted by atomic mass is 32.1. The van der Waals surface area contributed by atoms with Crippen LogP contribution in [0.3, 0.4) is 0 Å². The lowest BCUT2D eigenvalue weighted by Crippen LogP contribution is -2.36. The third-order valence-corrected chi connectivity index (χ3v) is 6.85. The number of nitrogens with one attached hydrogen (secondary N) is 1. The molecule has 0 saturated carbocycles. The number of rotatable bonds is 8. The average Bonchev–Trinajstić information content (AvgIpc) is 3.51. The van der Waals surface area contributed by atoms with Gasteiger partial charge in [0, 0.05) is 23.5 Å². The Morgan fingerprint density at radius 2 is 1.90 bits per heavy atom. The minimum atomic E-state index is -0.299. The van der Waals surface area contributed by atoms with E-state index in [0.29, 0.717) is 29.8 Å². The van der Waals surface area contributed by atoms with Crippen molar-refractivity contribution in [3.8, 4) is 0 Å². The van der Waals surface area contributed by atoms with Crippen LogP contribution in [0, 0.1) is 0 Å². The maximum Gasteiger partial charge on any atom is 0.261 e. The van der Waals surface area contributed by atoms with Gasteiger partial charge in [0.1, 0.15) is 0 Å². The molecule has 1 aromatic heterocycles. The third kappa shape index (κ3) is 4.04. The van der Waals surface area contributed by atoms with Crippen molar-refractivity contribution in [2.24, 2.45) is 0 Å². The number of hydrogen-bond donors (Lipinski definition) is 1. The molecule has 0 unspecified atom stereocenters. The van der Waals surface area contributed by atoms with Crippen molar-refractivity contribution in [2.45, 2.75) is 38.6 Å². The fourth-order valence-electron chi connectivity index (χ4n) is 4.19. The van der Waals surface area contributed by atoms with Crippen molar-refractivity contribution in [3.05, 3.63) is 57.3 Å². The van der Waals surface area contributed by atoms with Crippen LogP contribution < -0.4 is 5.32 Å². The monoisotopic (exact) mass is 425 g/mol. The Bertz CT molecular complexity index is 935. The van der Waals surface area contributed by atoms with Crippen LogP contribution in [0.5, 0.6) is 0 Å². The molecule has 0 aliphatic carbocycles. The van der Waals surface area contributed by atoms with Gasteiger partial charge in [-0.2, -0.15) is 0 Å². The Balaban J connectivity index is 1.46. The van der Waals surface area contributed by atoms with Crippen molar-refractivity contribution in [1.29, 1.82) is 0 Å². The summed E-state index contributed by atoms with van der Waals surface area (Å²) in [5.41, 5.74) is 1.14. The lowest BCUT2D eigenvalue weighted by molar-refractivity contribution is 0.0652. The number of unbranched alkanes of at least 4 members (excludes halogenated alkanes) is 1. The van der Waals surface area contributed by atoms with Gasteiger partial charge in [0.25, 0.3) is 17.7 Å². The molecule has 1 aromatic carbocycles. The molecule has 6 nitrogen and oxygen atoms in total. The van der Waals surface area contributed by atoms with Crippen LogP contribution in [0.25, 0.3) is 0 Å². The Labute approximate surface area is 180 Å². The second-order valence-corrected chi connectivity index (χ2v) is 8.84. The SMILES string of the molecule is CCCCN1C(=O)c2ccc(C(=O)NC[C@@H](c3cccs3)N3CCCC3)cc2C1=O. The van der Waals surface area contributed by atoms with Crippen LogP contribution in [-0.2, 0) is 0 Å². The van der Waals surface area contributed by atoms with Crippen molar-refractivity contribution in [2.75, 3.05) is 26.2 Å². The topological polar surface area (TPSA) is 69.7 Å². The Kier molecular flexibility index (Phi) is 6.29. The van der Waals surface area contributed by atoms with E-state index in [-0.39, 0.29) is 23.8 Å². The van der Waals surface area contributed by atoms with Crippen LogP contribution in [0.2, 0.25) is 0 Å². The molecule has 1 fully saturated rings. The van der Waals surface area contributed by atoms with Gasteiger partial charge in [0.2, 0.25) is 0 Å². The highest BCUT2D eigenvalue weighted by Gasteiger charge is 2.35. The molecule has 0 spiro atoms. The first-order valence-corrected chi connectivity index (χ1v) is 11.5. The first-order valence-electron chi connectivity index (χ1n) is 10.7. The molecule has 1 N–H and O–H groups in total. The summed E-state index contributed by atoms with van der Waals surface area (Å²) < 4.78 is 0. The zero-order valence-electron chi connectivity index (χ0n) is 17.2. The highest BCUT2D eigenvalue weighted by Crippen LogP contribution is 2.28. The summed E-state index contributed by atoms with van der Waals surface area (Å²) in [6.07, 6.45) is 4.06. The van der Waals surface area contributed by atoms with E-state index in [2.05, 4.69) is 21.7 Å². The number of benzene rings is 1. The molecule has 2 aromatic rings. The molecule has 3 heterocycles. The molecule has 7 heteroatoms. The number of nitrogens with zero attached hydrogens (tertiary/aromatic N) is 2. The van der Waals surface area contributed by atoms with E-state index >= 15 is 0 Å². The maximum absolute atomic E-state index is 12.8. The molecular formula is C23H27N3O3S. The van der Waals surface area contributed by atoms with Gasteiger partial charge in [0.05, 0.1) is 17.2 Å². The average molecular weight is 426 g/mol. The zero-order chi connectivity index (χ0) is 21.1. The lowest BCUT2D eigenvalue weighted by atomic mass is 10.1. The zero-order valence-corrected chi connectivity index (χ0v) is 18.0. The van der Waals surface area contributed by atoms with Crippen molar-refractivity contribution < 1.29 is 14.4 Å². The summed E-state index contributed by atoms with van der Waals surface area (Å²) in [7, 11) is 0. The molecule has 0 bridgehead atoms. The summed E-state index contributed by atoms with van der Waals surface area (Å²) >= 11 is 1.71. The van der Waals surface area contributed by atoms with E-state index < -0.39 is 0 Å². The predicted molar refractivity (Wildman–Crippen MR) is 117 cm³/mol. The van der Waals surface area contributed by atoms with Gasteiger partial charge in [0.15, 0.2) is 0 Å². The standard InChI is InChI=1S/C23H27N3O3S/c1-2-3-12-26-22(28)17-9-8-16(14-18(17)23(26)29)21(27)24-15-19(20-7-6-13-30-20)25-10-4-5-11-25/h6-9,13-14,19H,2-5,10-12,15H2,1H3,(H,24,27)/t19-/m0/s1. The smallest absolute Gasteiger partial charge is 0.261 e. The van der Waals surface area contributed by atoms with Crippen LogP contribution in [0.1, 0.15) is 74.6 Å². The molecule has 2 aliphatic rings. The normalized spacial score (nSPS) is 17.4. The minimum Gasteiger partial charge on any atom is -0.350 e. The summed E-state index contributed by atoms with van der Waals surface area (Å²) in [5.74, 6) is -0.778. The Morgan fingerprint density at radius 1 is 1.13 bits per heavy atom. The van der Waals surface area contributed by atoms with E-state index in [1.165, 1.54) is 22.6 Å². The molecule has 1 atom stereocenters. The number of thiophene rings is 1. The van der Waals surface area contributed by atoms with Gasteiger partial charge in [-0.25, -0.2) is 0 Å². The molecule has 0 radical (unpaired) electrons. The Hall–Kier alpha value is -2.51. The molecule has 4 rings (SSSR count). The number of carbonyl (C=O) groups excluding carboxylic acids is 3. The summed E-state index contributed by atoms with van der Waals surface area (Å²) in [5, 5.41) is 5.11. The molecule has 1 saturated heterocycles.